The lowest BCUT2D eigenvalue weighted by Crippen LogP contribution is -2.42. The van der Waals surface area contributed by atoms with Gasteiger partial charge in [-0.2, -0.15) is 0 Å². The summed E-state index contributed by atoms with van der Waals surface area (Å²) in [6.45, 7) is 12.7. The molecular weight excluding hydrogens is 518 g/mol. The molecule has 1 aromatic heterocycles. The highest BCUT2D eigenvalue weighted by Gasteiger charge is 2.35. The summed E-state index contributed by atoms with van der Waals surface area (Å²) in [6, 6.07) is 4.45. The molecule has 1 aliphatic heterocycles. The van der Waals surface area contributed by atoms with Crippen LogP contribution in [0.1, 0.15) is 95.3 Å². The molecule has 8 heteroatoms. The van der Waals surface area contributed by atoms with Gasteiger partial charge in [-0.25, -0.2) is 9.78 Å². The van der Waals surface area contributed by atoms with Gasteiger partial charge in [-0.1, -0.05) is 50.6 Å². The number of fused-ring (bicyclic) bond motifs is 1. The molecule has 41 heavy (non-hydrogen) atoms. The summed E-state index contributed by atoms with van der Waals surface area (Å²) in [5, 5.41) is 9.96. The summed E-state index contributed by atoms with van der Waals surface area (Å²) in [4.78, 5) is 30.9. The van der Waals surface area contributed by atoms with Crippen LogP contribution >= 0.6 is 0 Å². The lowest BCUT2D eigenvalue weighted by atomic mass is 9.92. The van der Waals surface area contributed by atoms with E-state index in [1.165, 1.54) is 11.0 Å². The van der Waals surface area contributed by atoms with E-state index < -0.39 is 12.0 Å². The highest BCUT2D eigenvalue weighted by Crippen LogP contribution is 2.33. The van der Waals surface area contributed by atoms with E-state index in [4.69, 9.17) is 14.9 Å². The number of unbranched alkanes of at least 4 members (excludes halogenated alkanes) is 1. The number of hydrogen-bond donors (Lipinski definition) is 2. The fourth-order valence-electron chi connectivity index (χ4n) is 4.24. The molecule has 2 aromatic rings. The number of amides is 1. The predicted octanol–water partition coefficient (Wildman–Crippen LogP) is 6.45. The topological polar surface area (TPSA) is 119 Å². The van der Waals surface area contributed by atoms with Gasteiger partial charge in [-0.15, -0.1) is 0 Å². The Morgan fingerprint density at radius 3 is 2.56 bits per heavy atom. The third-order valence-corrected chi connectivity index (χ3v) is 6.00. The minimum absolute atomic E-state index is 0. The van der Waals surface area contributed by atoms with Gasteiger partial charge in [0, 0.05) is 31.0 Å². The van der Waals surface area contributed by atoms with E-state index in [1.807, 2.05) is 52.0 Å². The van der Waals surface area contributed by atoms with E-state index in [9.17, 15) is 14.7 Å². The molecule has 1 aromatic carbocycles. The Labute approximate surface area is 245 Å². The van der Waals surface area contributed by atoms with Gasteiger partial charge in [-0.3, -0.25) is 4.79 Å². The van der Waals surface area contributed by atoms with Crippen LogP contribution in [-0.2, 0) is 28.9 Å². The number of carbonyl (C=O) groups is 2. The summed E-state index contributed by atoms with van der Waals surface area (Å²) in [6.07, 6.45) is 15.6. The third-order valence-electron chi connectivity index (χ3n) is 6.00. The molecule has 0 saturated heterocycles. The zero-order valence-electron chi connectivity index (χ0n) is 25.5. The van der Waals surface area contributed by atoms with E-state index in [0.717, 1.165) is 42.7 Å². The molecule has 0 spiro atoms. The van der Waals surface area contributed by atoms with Crippen LogP contribution in [0.3, 0.4) is 0 Å². The third kappa shape index (κ3) is 11.4. The van der Waals surface area contributed by atoms with Crippen molar-refractivity contribution >= 4 is 18.0 Å². The van der Waals surface area contributed by atoms with Crippen LogP contribution in [0.2, 0.25) is 0 Å². The quantitative estimate of drug-likeness (QED) is 0.224. The molecule has 224 valence electrons. The lowest BCUT2D eigenvalue weighted by molar-refractivity contribution is -0.149. The van der Waals surface area contributed by atoms with Crippen LogP contribution in [0.15, 0.2) is 53.0 Å². The highest BCUT2D eigenvalue weighted by atomic mass is 16.5. The first-order valence-electron chi connectivity index (χ1n) is 14.5. The van der Waals surface area contributed by atoms with Crippen molar-refractivity contribution in [3.8, 4) is 5.75 Å². The number of aryl methyl sites for hydroxylation is 1. The number of carbonyl (C=O) groups excluding carboxylic acids is 1. The van der Waals surface area contributed by atoms with Crippen LogP contribution in [0, 0.1) is 0 Å². The molecule has 0 fully saturated rings. The zero-order valence-corrected chi connectivity index (χ0v) is 25.5. The van der Waals surface area contributed by atoms with Crippen LogP contribution in [0.4, 0.5) is 0 Å². The average Bonchev–Trinajstić information content (AvgIpc) is 3.28. The van der Waals surface area contributed by atoms with Crippen molar-refractivity contribution < 1.29 is 23.8 Å². The molecular formula is C33H47N3O5. The number of carboxylic acids is 1. The van der Waals surface area contributed by atoms with E-state index in [2.05, 4.69) is 24.9 Å². The summed E-state index contributed by atoms with van der Waals surface area (Å²) >= 11 is 0. The van der Waals surface area contributed by atoms with Crippen molar-refractivity contribution in [3.63, 3.8) is 0 Å². The lowest BCUT2D eigenvalue weighted by Gasteiger charge is -2.34. The summed E-state index contributed by atoms with van der Waals surface area (Å²) < 4.78 is 11.9. The first-order chi connectivity index (χ1) is 19.5. The van der Waals surface area contributed by atoms with Crippen molar-refractivity contribution in [2.45, 2.75) is 91.6 Å². The number of oxazole rings is 1. The Morgan fingerprint density at radius 2 is 1.93 bits per heavy atom. The number of hydrogen-bond acceptors (Lipinski definition) is 6. The molecule has 1 aliphatic rings. The van der Waals surface area contributed by atoms with Crippen LogP contribution < -0.4 is 10.5 Å². The Bertz CT molecular complexity index is 1210. The number of carboxylic acid groups (broad SMARTS) is 1. The van der Waals surface area contributed by atoms with Gasteiger partial charge in [0.1, 0.15) is 11.5 Å². The van der Waals surface area contributed by atoms with Crippen molar-refractivity contribution in [1.29, 1.82) is 0 Å². The smallest absolute Gasteiger partial charge is 0.331 e. The second-order valence-corrected chi connectivity index (χ2v) is 11.1. The molecule has 3 rings (SSSR count). The van der Waals surface area contributed by atoms with Gasteiger partial charge >= 0.3 is 5.97 Å². The van der Waals surface area contributed by atoms with E-state index in [-0.39, 0.29) is 11.4 Å². The highest BCUT2D eigenvalue weighted by molar-refractivity contribution is 5.92. The molecule has 1 unspecified atom stereocenters. The number of allylic oxidation sites excluding steroid dienone is 4. The standard InChI is InChI=1S/C29H36N2O5.C4H11N/c1-4-7-9-12-26-30-24(25(36-26)11-6-3)17-19-35-22-15-14-21-16-18-31(27(32)13-10-8-5-2)28(29(33)34)23(21)20-22;1-4(2,3)5/h5,8-10,12-15,20,28H,4,6-7,11,16-19H2,1-3H3,(H,33,34);5H2,1-3H3/b8-5?,12-9+,13-10?;. The van der Waals surface area contributed by atoms with E-state index in [0.29, 0.717) is 43.2 Å². The molecule has 1 atom stereocenters. The molecule has 2 heterocycles. The number of rotatable bonds is 12. The molecule has 0 aliphatic carbocycles. The molecule has 0 bridgehead atoms. The molecule has 8 nitrogen and oxygen atoms in total. The van der Waals surface area contributed by atoms with Gasteiger partial charge in [0.25, 0.3) is 0 Å². The molecule has 0 radical (unpaired) electrons. The molecule has 1 amide bonds. The monoisotopic (exact) mass is 565 g/mol. The normalized spacial score (nSPS) is 15.3. The maximum Gasteiger partial charge on any atom is 0.331 e. The van der Waals surface area contributed by atoms with Gasteiger partial charge in [0.05, 0.1) is 12.3 Å². The second kappa shape index (κ2) is 16.6. The van der Waals surface area contributed by atoms with Crippen molar-refractivity contribution in [2.24, 2.45) is 5.73 Å². The Morgan fingerprint density at radius 1 is 1.20 bits per heavy atom. The van der Waals surface area contributed by atoms with Gasteiger partial charge in [-0.05, 0) is 76.3 Å². The summed E-state index contributed by atoms with van der Waals surface area (Å²) in [5.74, 6) is 0.691. The maximum atomic E-state index is 12.7. The fraction of sp³-hybridized carbons (Fsp3) is 0.485. The summed E-state index contributed by atoms with van der Waals surface area (Å²) in [5.41, 5.74) is 7.75. The Hall–Kier alpha value is -3.65. The van der Waals surface area contributed by atoms with Crippen molar-refractivity contribution in [3.05, 3.63) is 77.1 Å². The maximum absolute atomic E-state index is 12.7. The number of aromatic nitrogens is 1. The number of nitrogens with zero attached hydrogens (tertiary/aromatic N) is 2. The SMILES string of the molecule is CC(C)(C)N.CC=CC=CC(=O)N1CCc2ccc(OCCc3nc(/C=C/CCC)oc3CCC)cc2C1C(=O)O. The Balaban J connectivity index is 0.00000108. The van der Waals surface area contributed by atoms with Crippen molar-refractivity contribution in [2.75, 3.05) is 13.2 Å². The largest absolute Gasteiger partial charge is 0.493 e. The first kappa shape index (κ1) is 33.6. The minimum atomic E-state index is -1.06. The molecule has 0 saturated carbocycles. The number of benzene rings is 1. The Kier molecular flexibility index (Phi) is 13.6. The van der Waals surface area contributed by atoms with Crippen molar-refractivity contribution in [1.82, 2.24) is 9.88 Å². The number of nitrogens with two attached hydrogens (primary N) is 1. The van der Waals surface area contributed by atoms with Gasteiger partial charge < -0.3 is 24.9 Å². The fourth-order valence-corrected chi connectivity index (χ4v) is 4.24. The predicted molar refractivity (Wildman–Crippen MR) is 164 cm³/mol. The summed E-state index contributed by atoms with van der Waals surface area (Å²) in [7, 11) is 0. The minimum Gasteiger partial charge on any atom is -0.493 e. The molecule has 3 N–H and O–H groups in total. The second-order valence-electron chi connectivity index (χ2n) is 11.1. The van der Waals surface area contributed by atoms with Crippen LogP contribution in [0.25, 0.3) is 6.08 Å². The average molecular weight is 566 g/mol. The van der Waals surface area contributed by atoms with Crippen LogP contribution in [-0.4, -0.2) is 45.6 Å². The van der Waals surface area contributed by atoms with Crippen LogP contribution in [0.5, 0.6) is 5.75 Å². The number of aliphatic carboxylic acids is 1. The first-order valence-corrected chi connectivity index (χ1v) is 14.5. The van der Waals surface area contributed by atoms with E-state index in [1.54, 1.807) is 18.2 Å². The van der Waals surface area contributed by atoms with Gasteiger partial charge in [0.2, 0.25) is 11.8 Å². The van der Waals surface area contributed by atoms with E-state index >= 15 is 0 Å². The zero-order chi connectivity index (χ0) is 30.4. The van der Waals surface area contributed by atoms with Gasteiger partial charge in [0.15, 0.2) is 6.04 Å². The number of ether oxygens (including phenoxy) is 1.